The third-order valence-electron chi connectivity index (χ3n) is 5.93. The molecule has 0 aliphatic rings. The molecule has 1 rings (SSSR count). The van der Waals surface area contributed by atoms with Gasteiger partial charge in [-0.2, -0.15) is 0 Å². The number of hydrogen-bond donors (Lipinski definition) is 0. The van der Waals surface area contributed by atoms with Crippen LogP contribution in [0.2, 0.25) is 0 Å². The molecule has 1 aromatic rings. The molecule has 0 heterocycles. The molecule has 33 heavy (non-hydrogen) atoms. The highest BCUT2D eigenvalue weighted by atomic mass is 19.2. The van der Waals surface area contributed by atoms with Crippen LogP contribution >= 0.6 is 0 Å². The van der Waals surface area contributed by atoms with Gasteiger partial charge in [0.25, 0.3) is 5.97 Å². The van der Waals surface area contributed by atoms with Gasteiger partial charge in [-0.1, -0.05) is 72.3 Å². The van der Waals surface area contributed by atoms with Gasteiger partial charge in [0.15, 0.2) is 11.6 Å². The van der Waals surface area contributed by atoms with Crippen LogP contribution in [0, 0.1) is 17.6 Å². The second-order valence-electron chi connectivity index (χ2n) is 9.04. The standard InChI is InChI=1S/C28H48F2O3/c1-5-9-10-11-12-13-16-25(17-14-15-24-18-19-26(29)27(30)23-24)28(31-20-6-2,32-21-7-3)33-22-8-4/h18-19,23,25H,5-17,20-22H2,1-4H3. The lowest BCUT2D eigenvalue weighted by Crippen LogP contribution is -2.47. The van der Waals surface area contributed by atoms with E-state index in [9.17, 15) is 8.78 Å². The van der Waals surface area contributed by atoms with Crippen LogP contribution in [0.15, 0.2) is 18.2 Å². The number of unbranched alkanes of at least 4 members (excludes halogenated alkanes) is 5. The highest BCUT2D eigenvalue weighted by Crippen LogP contribution is 2.35. The highest BCUT2D eigenvalue weighted by molar-refractivity contribution is 5.17. The van der Waals surface area contributed by atoms with Crippen LogP contribution in [0.3, 0.4) is 0 Å². The molecule has 0 fully saturated rings. The van der Waals surface area contributed by atoms with Crippen molar-refractivity contribution >= 4 is 0 Å². The summed E-state index contributed by atoms with van der Waals surface area (Å²) in [5.74, 6) is -2.51. The van der Waals surface area contributed by atoms with Gasteiger partial charge < -0.3 is 14.2 Å². The van der Waals surface area contributed by atoms with E-state index in [0.717, 1.165) is 50.5 Å². The smallest absolute Gasteiger partial charge is 0.285 e. The third kappa shape index (κ3) is 11.8. The van der Waals surface area contributed by atoms with Gasteiger partial charge in [0.05, 0.1) is 19.8 Å². The van der Waals surface area contributed by atoms with Crippen LogP contribution in [-0.2, 0) is 20.6 Å². The summed E-state index contributed by atoms with van der Waals surface area (Å²) in [6.45, 7) is 10.3. The number of aryl methyl sites for hydroxylation is 1. The number of rotatable bonds is 21. The molecule has 192 valence electrons. The molecule has 1 atom stereocenters. The van der Waals surface area contributed by atoms with Crippen molar-refractivity contribution in [3.63, 3.8) is 0 Å². The van der Waals surface area contributed by atoms with Crippen molar-refractivity contribution < 1.29 is 23.0 Å². The molecule has 0 bridgehead atoms. The normalized spacial score (nSPS) is 12.9. The van der Waals surface area contributed by atoms with Gasteiger partial charge in [-0.05, 0) is 62.6 Å². The quantitative estimate of drug-likeness (QED) is 0.133. The van der Waals surface area contributed by atoms with Gasteiger partial charge in [0.1, 0.15) is 0 Å². The first-order valence-corrected chi connectivity index (χ1v) is 13.4. The lowest BCUT2D eigenvalue weighted by atomic mass is 9.91. The van der Waals surface area contributed by atoms with Gasteiger partial charge in [-0.3, -0.25) is 0 Å². The zero-order valence-corrected chi connectivity index (χ0v) is 21.6. The van der Waals surface area contributed by atoms with Gasteiger partial charge in [-0.25, -0.2) is 8.78 Å². The van der Waals surface area contributed by atoms with E-state index in [2.05, 4.69) is 27.7 Å². The van der Waals surface area contributed by atoms with E-state index in [4.69, 9.17) is 14.2 Å². The average Bonchev–Trinajstić information content (AvgIpc) is 2.82. The van der Waals surface area contributed by atoms with E-state index in [1.165, 1.54) is 44.2 Å². The van der Waals surface area contributed by atoms with Crippen molar-refractivity contribution in [2.45, 2.75) is 117 Å². The molecule has 0 saturated carbocycles. The fraction of sp³-hybridized carbons (Fsp3) is 0.786. The molecule has 0 amide bonds. The molecule has 0 radical (unpaired) electrons. The van der Waals surface area contributed by atoms with Crippen LogP contribution in [0.1, 0.15) is 110 Å². The molecule has 0 aliphatic heterocycles. The summed E-state index contributed by atoms with van der Waals surface area (Å²) < 4.78 is 45.9. The van der Waals surface area contributed by atoms with Crippen LogP contribution in [0.4, 0.5) is 8.78 Å². The van der Waals surface area contributed by atoms with E-state index >= 15 is 0 Å². The number of benzene rings is 1. The second-order valence-corrected chi connectivity index (χ2v) is 9.04. The Labute approximate surface area is 201 Å². The second kappa shape index (κ2) is 18.3. The van der Waals surface area contributed by atoms with E-state index in [1.807, 2.05) is 0 Å². The summed E-state index contributed by atoms with van der Waals surface area (Å²) in [5.41, 5.74) is 0.816. The van der Waals surface area contributed by atoms with E-state index in [1.54, 1.807) is 6.07 Å². The molecular formula is C28H48F2O3. The van der Waals surface area contributed by atoms with Crippen molar-refractivity contribution in [1.29, 1.82) is 0 Å². The molecule has 0 saturated heterocycles. The summed E-state index contributed by atoms with van der Waals surface area (Å²) >= 11 is 0. The van der Waals surface area contributed by atoms with Crippen molar-refractivity contribution in [3.05, 3.63) is 35.4 Å². The Balaban J connectivity index is 2.92. The average molecular weight is 471 g/mol. The van der Waals surface area contributed by atoms with Crippen LogP contribution in [0.5, 0.6) is 0 Å². The predicted molar refractivity (Wildman–Crippen MR) is 132 cm³/mol. The van der Waals surface area contributed by atoms with Gasteiger partial charge >= 0.3 is 0 Å². The van der Waals surface area contributed by atoms with Gasteiger partial charge in [0, 0.05) is 5.92 Å². The maximum absolute atomic E-state index is 13.6. The van der Waals surface area contributed by atoms with Crippen LogP contribution < -0.4 is 0 Å². The van der Waals surface area contributed by atoms with E-state index < -0.39 is 17.6 Å². The lowest BCUT2D eigenvalue weighted by molar-refractivity contribution is -0.406. The van der Waals surface area contributed by atoms with Crippen molar-refractivity contribution in [2.75, 3.05) is 19.8 Å². The summed E-state index contributed by atoms with van der Waals surface area (Å²) in [5, 5.41) is 0. The Kier molecular flexibility index (Phi) is 16.6. The summed E-state index contributed by atoms with van der Waals surface area (Å²) in [4.78, 5) is 0. The maximum atomic E-state index is 13.6. The fourth-order valence-electron chi connectivity index (χ4n) is 4.13. The van der Waals surface area contributed by atoms with E-state index in [0.29, 0.717) is 26.2 Å². The van der Waals surface area contributed by atoms with Crippen LogP contribution in [-0.4, -0.2) is 25.8 Å². The molecule has 0 N–H and O–H groups in total. The molecule has 3 nitrogen and oxygen atoms in total. The van der Waals surface area contributed by atoms with Gasteiger partial charge in [0.2, 0.25) is 0 Å². The Bertz CT molecular complexity index is 587. The lowest BCUT2D eigenvalue weighted by Gasteiger charge is -2.40. The first kappa shape index (κ1) is 30.0. The molecule has 0 aliphatic carbocycles. The number of halogens is 2. The fourth-order valence-corrected chi connectivity index (χ4v) is 4.13. The zero-order valence-electron chi connectivity index (χ0n) is 21.6. The minimum atomic E-state index is -1.03. The number of hydrogen-bond acceptors (Lipinski definition) is 3. The minimum Gasteiger partial charge on any atom is -0.327 e. The summed E-state index contributed by atoms with van der Waals surface area (Å²) in [7, 11) is 0. The molecule has 1 unspecified atom stereocenters. The summed E-state index contributed by atoms with van der Waals surface area (Å²) in [6, 6.07) is 4.19. The van der Waals surface area contributed by atoms with E-state index in [-0.39, 0.29) is 5.92 Å². The Hall–Kier alpha value is -1.04. The minimum absolute atomic E-state index is 0.0959. The molecular weight excluding hydrogens is 422 g/mol. The first-order chi connectivity index (χ1) is 16.0. The molecule has 0 aromatic heterocycles. The predicted octanol–water partition coefficient (Wildman–Crippen LogP) is 8.59. The van der Waals surface area contributed by atoms with Crippen LogP contribution in [0.25, 0.3) is 0 Å². The number of ether oxygens (including phenoxy) is 3. The Morgan fingerprint density at radius 2 is 1.21 bits per heavy atom. The highest BCUT2D eigenvalue weighted by Gasteiger charge is 2.42. The van der Waals surface area contributed by atoms with Crippen molar-refractivity contribution in [3.8, 4) is 0 Å². The van der Waals surface area contributed by atoms with Crippen molar-refractivity contribution in [2.24, 2.45) is 5.92 Å². The third-order valence-corrected chi connectivity index (χ3v) is 5.93. The molecule has 1 aromatic carbocycles. The SMILES string of the molecule is CCCCCCCCC(CCCc1ccc(F)c(F)c1)C(OCCC)(OCCC)OCCC. The van der Waals surface area contributed by atoms with Gasteiger partial charge in [-0.15, -0.1) is 0 Å². The van der Waals surface area contributed by atoms with Crippen molar-refractivity contribution in [1.82, 2.24) is 0 Å². The topological polar surface area (TPSA) is 27.7 Å². The molecule has 5 heteroatoms. The Morgan fingerprint density at radius 1 is 0.667 bits per heavy atom. The first-order valence-electron chi connectivity index (χ1n) is 13.4. The monoisotopic (exact) mass is 470 g/mol. The largest absolute Gasteiger partial charge is 0.327 e. The zero-order chi connectivity index (χ0) is 24.4. The summed E-state index contributed by atoms with van der Waals surface area (Å²) in [6.07, 6.45) is 13.4. The molecule has 0 spiro atoms. The maximum Gasteiger partial charge on any atom is 0.285 e. The Morgan fingerprint density at radius 3 is 1.76 bits per heavy atom.